The van der Waals surface area contributed by atoms with Crippen LogP contribution in [0.3, 0.4) is 0 Å². The van der Waals surface area contributed by atoms with E-state index in [0.29, 0.717) is 12.1 Å². The smallest absolute Gasteiger partial charge is 0.413 e. The third kappa shape index (κ3) is 5.20. The third-order valence-electron chi connectivity index (χ3n) is 2.92. The minimum absolute atomic E-state index is 0. The molecule has 2 rings (SSSR count). The summed E-state index contributed by atoms with van der Waals surface area (Å²) in [7, 11) is 0. The van der Waals surface area contributed by atoms with E-state index in [1.165, 1.54) is 0 Å². The first-order valence-electron chi connectivity index (χ1n) is 6.54. The normalized spacial score (nSPS) is 9.50. The number of carbonyl (C=O) groups is 1. The van der Waals surface area contributed by atoms with Crippen molar-refractivity contribution in [2.45, 2.75) is 13.2 Å². The fraction of sp³-hybridized carbons (Fsp3) is 0.125. The number of nitrogens with one attached hydrogen (secondary N) is 2. The number of hydrogen-bond donors (Lipinski definition) is 3. The van der Waals surface area contributed by atoms with Crippen molar-refractivity contribution in [3.05, 3.63) is 71.3 Å². The molecule has 2 aromatic rings. The number of nitrogens with two attached hydrogens (primary N) is 1. The Hall–Kier alpha value is -2.37. The van der Waals surface area contributed by atoms with Crippen molar-refractivity contribution in [2.24, 2.45) is 5.73 Å². The number of rotatable bonds is 4. The lowest BCUT2D eigenvalue weighted by molar-refractivity contribution is 0.145. The Morgan fingerprint density at radius 3 is 2.23 bits per heavy atom. The zero-order valence-electron chi connectivity index (χ0n) is 11.9. The van der Waals surface area contributed by atoms with E-state index in [2.05, 4.69) is 5.32 Å². The van der Waals surface area contributed by atoms with Crippen LogP contribution in [0.1, 0.15) is 16.7 Å². The maximum absolute atomic E-state index is 11.6. The predicted molar refractivity (Wildman–Crippen MR) is 88.2 cm³/mol. The van der Waals surface area contributed by atoms with Gasteiger partial charge in [-0.15, -0.1) is 12.4 Å². The molecule has 0 spiro atoms. The molecule has 0 aliphatic rings. The molecular weight excluding hydrogens is 302 g/mol. The Bertz CT molecular complexity index is 615. The van der Waals surface area contributed by atoms with Gasteiger partial charge in [-0.25, -0.2) is 4.79 Å². The number of hydrogen-bond acceptors (Lipinski definition) is 4. The molecular formula is C16H18ClN3O2. The molecule has 0 aromatic heterocycles. The molecule has 0 atom stereocenters. The fourth-order valence-electron chi connectivity index (χ4n) is 1.74. The van der Waals surface area contributed by atoms with Crippen LogP contribution in [0.4, 0.5) is 4.79 Å². The van der Waals surface area contributed by atoms with Crippen LogP contribution in [0.2, 0.25) is 0 Å². The van der Waals surface area contributed by atoms with Crippen LogP contribution in [-0.2, 0) is 17.9 Å². The topological polar surface area (TPSA) is 88.2 Å². The molecule has 0 saturated heterocycles. The standard InChI is InChI=1S/C16H17N3O2.ClH/c17-10-12-6-8-13(9-7-12)11-21-16(20)19-15(18)14-4-2-1-3-5-14;/h1-9H,10-11,17H2,(H2,18,19,20);1H. The highest BCUT2D eigenvalue weighted by molar-refractivity contribution is 6.04. The second kappa shape index (κ2) is 8.81. The number of halogens is 1. The van der Waals surface area contributed by atoms with Crippen molar-refractivity contribution in [3.63, 3.8) is 0 Å². The van der Waals surface area contributed by atoms with Gasteiger partial charge in [0, 0.05) is 12.1 Å². The summed E-state index contributed by atoms with van der Waals surface area (Å²) in [5.41, 5.74) is 8.03. The van der Waals surface area contributed by atoms with E-state index in [1.54, 1.807) is 24.3 Å². The number of amides is 1. The van der Waals surface area contributed by atoms with Crippen LogP contribution in [0, 0.1) is 5.41 Å². The summed E-state index contributed by atoms with van der Waals surface area (Å²) in [6, 6.07) is 16.4. The number of carbonyl (C=O) groups excluding carboxylic acids is 1. The minimum atomic E-state index is -0.647. The lowest BCUT2D eigenvalue weighted by Gasteiger charge is -2.08. The van der Waals surface area contributed by atoms with Gasteiger partial charge in [0.25, 0.3) is 0 Å². The SMILES string of the molecule is Cl.N=C(NC(=O)OCc1ccc(CN)cc1)c1ccccc1. The first-order valence-corrected chi connectivity index (χ1v) is 6.54. The molecule has 0 saturated carbocycles. The Morgan fingerprint density at radius 2 is 1.64 bits per heavy atom. The van der Waals surface area contributed by atoms with E-state index in [1.807, 2.05) is 30.3 Å². The molecule has 0 unspecified atom stereocenters. The zero-order chi connectivity index (χ0) is 15.1. The van der Waals surface area contributed by atoms with Gasteiger partial charge in [0.1, 0.15) is 12.4 Å². The van der Waals surface area contributed by atoms with Gasteiger partial charge in [0.05, 0.1) is 0 Å². The maximum Gasteiger partial charge on any atom is 0.413 e. The van der Waals surface area contributed by atoms with Crippen molar-refractivity contribution in [2.75, 3.05) is 0 Å². The number of amidine groups is 1. The highest BCUT2D eigenvalue weighted by Crippen LogP contribution is 2.05. The average Bonchev–Trinajstić information content (AvgIpc) is 2.54. The Morgan fingerprint density at radius 1 is 1.05 bits per heavy atom. The van der Waals surface area contributed by atoms with Crippen LogP contribution in [0.5, 0.6) is 0 Å². The van der Waals surface area contributed by atoms with Crippen molar-refractivity contribution in [3.8, 4) is 0 Å². The average molecular weight is 320 g/mol. The second-order valence-corrected chi connectivity index (χ2v) is 4.46. The molecule has 1 amide bonds. The van der Waals surface area contributed by atoms with E-state index in [0.717, 1.165) is 11.1 Å². The van der Waals surface area contributed by atoms with Crippen LogP contribution in [0.25, 0.3) is 0 Å². The van der Waals surface area contributed by atoms with Gasteiger partial charge in [0.15, 0.2) is 0 Å². The molecule has 0 fully saturated rings. The van der Waals surface area contributed by atoms with E-state index < -0.39 is 6.09 Å². The second-order valence-electron chi connectivity index (χ2n) is 4.46. The van der Waals surface area contributed by atoms with Crippen molar-refractivity contribution in [1.82, 2.24) is 5.32 Å². The van der Waals surface area contributed by atoms with E-state index >= 15 is 0 Å². The lowest BCUT2D eigenvalue weighted by Crippen LogP contribution is -2.30. The number of ether oxygens (including phenoxy) is 1. The Kier molecular flexibility index (Phi) is 7.08. The van der Waals surface area contributed by atoms with Gasteiger partial charge in [0.2, 0.25) is 0 Å². The maximum atomic E-state index is 11.6. The van der Waals surface area contributed by atoms with Gasteiger partial charge in [-0.2, -0.15) is 0 Å². The van der Waals surface area contributed by atoms with Crippen LogP contribution >= 0.6 is 12.4 Å². The highest BCUT2D eigenvalue weighted by atomic mass is 35.5. The minimum Gasteiger partial charge on any atom is -0.444 e. The molecule has 22 heavy (non-hydrogen) atoms. The van der Waals surface area contributed by atoms with Gasteiger partial charge in [-0.1, -0.05) is 54.6 Å². The van der Waals surface area contributed by atoms with Gasteiger partial charge in [-0.05, 0) is 11.1 Å². The van der Waals surface area contributed by atoms with Gasteiger partial charge in [-0.3, -0.25) is 10.7 Å². The van der Waals surface area contributed by atoms with Crippen LogP contribution < -0.4 is 11.1 Å². The highest BCUT2D eigenvalue weighted by Gasteiger charge is 2.07. The molecule has 6 heteroatoms. The van der Waals surface area contributed by atoms with E-state index in [9.17, 15) is 4.79 Å². The van der Waals surface area contributed by atoms with Crippen LogP contribution in [0.15, 0.2) is 54.6 Å². The zero-order valence-corrected chi connectivity index (χ0v) is 12.7. The largest absolute Gasteiger partial charge is 0.444 e. The monoisotopic (exact) mass is 319 g/mol. The lowest BCUT2D eigenvalue weighted by atomic mass is 10.1. The molecule has 0 aliphatic carbocycles. The van der Waals surface area contributed by atoms with Crippen molar-refractivity contribution in [1.29, 1.82) is 5.41 Å². The molecule has 2 aromatic carbocycles. The molecule has 5 nitrogen and oxygen atoms in total. The summed E-state index contributed by atoms with van der Waals surface area (Å²) in [6.45, 7) is 0.634. The molecule has 0 aliphatic heterocycles. The first kappa shape index (κ1) is 17.7. The summed E-state index contributed by atoms with van der Waals surface area (Å²) < 4.78 is 5.07. The predicted octanol–water partition coefficient (Wildman–Crippen LogP) is 2.82. The van der Waals surface area contributed by atoms with Gasteiger partial charge < -0.3 is 10.5 Å². The summed E-state index contributed by atoms with van der Waals surface area (Å²) in [6.07, 6.45) is -0.647. The van der Waals surface area contributed by atoms with E-state index in [4.69, 9.17) is 15.9 Å². The fourth-order valence-corrected chi connectivity index (χ4v) is 1.74. The summed E-state index contributed by atoms with van der Waals surface area (Å²) >= 11 is 0. The van der Waals surface area contributed by atoms with Gasteiger partial charge >= 0.3 is 6.09 Å². The number of alkyl carbamates (subject to hydrolysis) is 1. The summed E-state index contributed by atoms with van der Waals surface area (Å²) in [5.74, 6) is 0.0130. The molecule has 0 heterocycles. The van der Waals surface area contributed by atoms with Crippen molar-refractivity contribution < 1.29 is 9.53 Å². The summed E-state index contributed by atoms with van der Waals surface area (Å²) in [5, 5.41) is 10.2. The molecule has 0 radical (unpaired) electrons. The van der Waals surface area contributed by atoms with E-state index in [-0.39, 0.29) is 24.8 Å². The molecule has 116 valence electrons. The molecule has 4 N–H and O–H groups in total. The molecule has 0 bridgehead atoms. The Balaban J connectivity index is 0.00000242. The first-order chi connectivity index (χ1) is 10.2. The summed E-state index contributed by atoms with van der Waals surface area (Å²) in [4.78, 5) is 11.6. The van der Waals surface area contributed by atoms with Crippen molar-refractivity contribution >= 4 is 24.3 Å². The Labute approximate surface area is 135 Å². The van der Waals surface area contributed by atoms with Crippen LogP contribution in [-0.4, -0.2) is 11.9 Å². The third-order valence-corrected chi connectivity index (χ3v) is 2.92. The number of benzene rings is 2. The quantitative estimate of drug-likeness (QED) is 0.598.